The molecule has 20 heavy (non-hydrogen) atoms. The van der Waals surface area contributed by atoms with Crippen molar-refractivity contribution in [2.24, 2.45) is 5.73 Å². The van der Waals surface area contributed by atoms with Gasteiger partial charge in [-0.25, -0.2) is 0 Å². The molecule has 0 spiro atoms. The highest BCUT2D eigenvalue weighted by atomic mass is 32.2. The topological polar surface area (TPSA) is 35.2 Å². The maximum atomic E-state index is 6.30. The summed E-state index contributed by atoms with van der Waals surface area (Å²) in [5.74, 6) is 1.70. The molecule has 106 valence electrons. The highest BCUT2D eigenvalue weighted by Gasteiger charge is 2.12. The number of hydrogen-bond acceptors (Lipinski definition) is 3. The van der Waals surface area contributed by atoms with Crippen LogP contribution in [0.25, 0.3) is 0 Å². The fraction of sp³-hybridized carbons (Fsp3) is 0.294. The van der Waals surface area contributed by atoms with E-state index in [1.165, 1.54) is 16.0 Å². The molecular formula is C17H21NOS. The lowest BCUT2D eigenvalue weighted by atomic mass is 10.1. The van der Waals surface area contributed by atoms with Crippen LogP contribution < -0.4 is 10.5 Å². The predicted octanol–water partition coefficient (Wildman–Crippen LogP) is 4.10. The van der Waals surface area contributed by atoms with Crippen LogP contribution in [0.3, 0.4) is 0 Å². The Labute approximate surface area is 125 Å². The molecule has 2 rings (SSSR count). The fourth-order valence-corrected chi connectivity index (χ4v) is 3.19. The molecule has 0 heterocycles. The molecule has 1 atom stereocenters. The molecule has 0 aromatic heterocycles. The third kappa shape index (κ3) is 3.56. The van der Waals surface area contributed by atoms with Gasteiger partial charge in [-0.05, 0) is 31.5 Å². The summed E-state index contributed by atoms with van der Waals surface area (Å²) in [6.07, 6.45) is 0. The Hall–Kier alpha value is -1.45. The Bertz CT molecular complexity index is 583. The molecule has 0 aliphatic carbocycles. The summed E-state index contributed by atoms with van der Waals surface area (Å²) >= 11 is 1.80. The van der Waals surface area contributed by atoms with Gasteiger partial charge in [-0.2, -0.15) is 0 Å². The lowest BCUT2D eigenvalue weighted by Gasteiger charge is -2.16. The Morgan fingerprint density at radius 2 is 1.90 bits per heavy atom. The van der Waals surface area contributed by atoms with E-state index in [9.17, 15) is 0 Å². The van der Waals surface area contributed by atoms with Gasteiger partial charge in [-0.3, -0.25) is 0 Å². The van der Waals surface area contributed by atoms with Crippen molar-refractivity contribution in [3.8, 4) is 5.75 Å². The van der Waals surface area contributed by atoms with Crippen molar-refractivity contribution in [2.45, 2.75) is 24.8 Å². The number of thioether (sulfide) groups is 1. The van der Waals surface area contributed by atoms with Gasteiger partial charge in [0, 0.05) is 22.3 Å². The van der Waals surface area contributed by atoms with Crippen LogP contribution in [-0.4, -0.2) is 12.9 Å². The Balaban J connectivity index is 2.06. The van der Waals surface area contributed by atoms with E-state index in [1.807, 2.05) is 24.3 Å². The largest absolute Gasteiger partial charge is 0.496 e. The van der Waals surface area contributed by atoms with E-state index in [0.717, 1.165) is 17.1 Å². The molecule has 0 aliphatic rings. The summed E-state index contributed by atoms with van der Waals surface area (Å²) in [7, 11) is 1.68. The maximum absolute atomic E-state index is 6.30. The Kier molecular flexibility index (Phi) is 5.10. The van der Waals surface area contributed by atoms with Crippen molar-refractivity contribution in [3.63, 3.8) is 0 Å². The smallest absolute Gasteiger partial charge is 0.123 e. The number of ether oxygens (including phenoxy) is 1. The molecule has 2 aromatic rings. The van der Waals surface area contributed by atoms with Crippen molar-refractivity contribution in [1.29, 1.82) is 0 Å². The van der Waals surface area contributed by atoms with E-state index < -0.39 is 0 Å². The molecule has 0 saturated heterocycles. The molecule has 0 radical (unpaired) electrons. The monoisotopic (exact) mass is 287 g/mol. The quantitative estimate of drug-likeness (QED) is 0.841. The first-order valence-electron chi connectivity index (χ1n) is 6.70. The summed E-state index contributed by atoms with van der Waals surface area (Å²) in [6.45, 7) is 4.26. The van der Waals surface area contributed by atoms with Crippen LogP contribution in [0.15, 0.2) is 47.4 Å². The summed E-state index contributed by atoms with van der Waals surface area (Å²) in [5, 5.41) is 0. The van der Waals surface area contributed by atoms with Crippen LogP contribution in [0.1, 0.15) is 22.7 Å². The van der Waals surface area contributed by atoms with Crippen LogP contribution in [0.4, 0.5) is 0 Å². The van der Waals surface area contributed by atoms with Crippen molar-refractivity contribution in [1.82, 2.24) is 0 Å². The first-order chi connectivity index (χ1) is 9.61. The van der Waals surface area contributed by atoms with Crippen LogP contribution in [0.2, 0.25) is 0 Å². The minimum absolute atomic E-state index is 0.0307. The van der Waals surface area contributed by atoms with Crippen LogP contribution >= 0.6 is 11.8 Å². The van der Waals surface area contributed by atoms with Gasteiger partial charge in [0.05, 0.1) is 7.11 Å². The van der Waals surface area contributed by atoms with E-state index in [2.05, 4.69) is 32.0 Å². The van der Waals surface area contributed by atoms with Gasteiger partial charge >= 0.3 is 0 Å². The molecule has 0 amide bonds. The standard InChI is InChI=1S/C17H21NOS/c1-12-8-9-17(13(2)10-12)20-11-15(18)14-6-4-5-7-16(14)19-3/h4-10,15H,11,18H2,1-3H3. The molecule has 0 saturated carbocycles. The van der Waals surface area contributed by atoms with E-state index in [1.54, 1.807) is 18.9 Å². The Morgan fingerprint density at radius 3 is 2.60 bits per heavy atom. The van der Waals surface area contributed by atoms with Crippen LogP contribution in [0, 0.1) is 13.8 Å². The lowest BCUT2D eigenvalue weighted by molar-refractivity contribution is 0.407. The van der Waals surface area contributed by atoms with E-state index in [4.69, 9.17) is 10.5 Å². The molecule has 2 nitrogen and oxygen atoms in total. The van der Waals surface area contributed by atoms with Gasteiger partial charge in [0.2, 0.25) is 0 Å². The van der Waals surface area contributed by atoms with Crippen molar-refractivity contribution >= 4 is 11.8 Å². The van der Waals surface area contributed by atoms with E-state index in [0.29, 0.717) is 0 Å². The lowest BCUT2D eigenvalue weighted by Crippen LogP contribution is -2.14. The van der Waals surface area contributed by atoms with Gasteiger partial charge in [-0.1, -0.05) is 35.9 Å². The van der Waals surface area contributed by atoms with E-state index in [-0.39, 0.29) is 6.04 Å². The molecule has 0 aliphatic heterocycles. The van der Waals surface area contributed by atoms with Gasteiger partial charge < -0.3 is 10.5 Å². The second-order valence-corrected chi connectivity index (χ2v) is 5.99. The number of aryl methyl sites for hydroxylation is 2. The van der Waals surface area contributed by atoms with Crippen molar-refractivity contribution in [3.05, 3.63) is 59.2 Å². The number of benzene rings is 2. The zero-order valence-electron chi connectivity index (χ0n) is 12.2. The SMILES string of the molecule is COc1ccccc1C(N)CSc1ccc(C)cc1C. The summed E-state index contributed by atoms with van der Waals surface area (Å²) in [5.41, 5.74) is 9.96. The zero-order valence-corrected chi connectivity index (χ0v) is 13.0. The summed E-state index contributed by atoms with van der Waals surface area (Å²) in [6, 6.07) is 14.4. The van der Waals surface area contributed by atoms with Gasteiger partial charge in [0.25, 0.3) is 0 Å². The number of rotatable bonds is 5. The molecule has 2 aromatic carbocycles. The third-order valence-corrected chi connectivity index (χ3v) is 4.58. The first kappa shape index (κ1) is 14.9. The average molecular weight is 287 g/mol. The number of hydrogen-bond donors (Lipinski definition) is 1. The normalized spacial score (nSPS) is 12.2. The first-order valence-corrected chi connectivity index (χ1v) is 7.69. The minimum atomic E-state index is -0.0307. The average Bonchev–Trinajstić information content (AvgIpc) is 2.46. The van der Waals surface area contributed by atoms with Gasteiger partial charge in [0.15, 0.2) is 0 Å². The van der Waals surface area contributed by atoms with Crippen LogP contribution in [0.5, 0.6) is 5.75 Å². The molecule has 3 heteroatoms. The Morgan fingerprint density at radius 1 is 1.15 bits per heavy atom. The number of methoxy groups -OCH3 is 1. The highest BCUT2D eigenvalue weighted by Crippen LogP contribution is 2.30. The third-order valence-electron chi connectivity index (χ3n) is 3.29. The molecule has 2 N–H and O–H groups in total. The fourth-order valence-electron chi connectivity index (χ4n) is 2.20. The molecular weight excluding hydrogens is 266 g/mol. The minimum Gasteiger partial charge on any atom is -0.496 e. The van der Waals surface area contributed by atoms with Crippen LogP contribution in [-0.2, 0) is 0 Å². The van der Waals surface area contributed by atoms with Crippen molar-refractivity contribution in [2.75, 3.05) is 12.9 Å². The molecule has 1 unspecified atom stereocenters. The van der Waals surface area contributed by atoms with E-state index >= 15 is 0 Å². The summed E-state index contributed by atoms with van der Waals surface area (Å²) in [4.78, 5) is 1.29. The second-order valence-electron chi connectivity index (χ2n) is 4.93. The number of nitrogens with two attached hydrogens (primary N) is 1. The van der Waals surface area contributed by atoms with Gasteiger partial charge in [0.1, 0.15) is 5.75 Å². The molecule has 0 fully saturated rings. The predicted molar refractivity (Wildman–Crippen MR) is 86.6 cm³/mol. The zero-order chi connectivity index (χ0) is 14.5. The summed E-state index contributed by atoms with van der Waals surface area (Å²) < 4.78 is 5.37. The second kappa shape index (κ2) is 6.82. The maximum Gasteiger partial charge on any atom is 0.123 e. The van der Waals surface area contributed by atoms with Crippen molar-refractivity contribution < 1.29 is 4.74 Å². The highest BCUT2D eigenvalue weighted by molar-refractivity contribution is 7.99. The molecule has 0 bridgehead atoms. The van der Waals surface area contributed by atoms with Gasteiger partial charge in [-0.15, -0.1) is 11.8 Å². The number of para-hydroxylation sites is 1.